The van der Waals surface area contributed by atoms with E-state index in [2.05, 4.69) is 62.2 Å². The van der Waals surface area contributed by atoms with E-state index in [4.69, 9.17) is 0 Å². The summed E-state index contributed by atoms with van der Waals surface area (Å²) in [7, 11) is 2.30. The molecule has 23 heavy (non-hydrogen) atoms. The lowest BCUT2D eigenvalue weighted by molar-refractivity contribution is 0.173. The SMILES string of the molecule is CCCCC1(CCCC)c2ccccc2N(C)C2C=CCCC21. The molecule has 2 unspecified atom stereocenters. The van der Waals surface area contributed by atoms with Crippen LogP contribution in [0.3, 0.4) is 0 Å². The van der Waals surface area contributed by atoms with Gasteiger partial charge in [0.2, 0.25) is 0 Å². The zero-order chi connectivity index (χ0) is 16.3. The van der Waals surface area contributed by atoms with E-state index in [-0.39, 0.29) is 0 Å². The van der Waals surface area contributed by atoms with Crippen molar-refractivity contribution in [3.63, 3.8) is 0 Å². The molecule has 1 aliphatic carbocycles. The summed E-state index contributed by atoms with van der Waals surface area (Å²) in [5, 5.41) is 0. The van der Waals surface area contributed by atoms with Gasteiger partial charge in [0.15, 0.2) is 0 Å². The number of nitrogens with zero attached hydrogens (tertiary/aromatic N) is 1. The molecule has 1 aliphatic heterocycles. The van der Waals surface area contributed by atoms with Gasteiger partial charge in [-0.25, -0.2) is 0 Å². The van der Waals surface area contributed by atoms with Gasteiger partial charge >= 0.3 is 0 Å². The summed E-state index contributed by atoms with van der Waals surface area (Å²) in [5.74, 6) is 0.783. The predicted molar refractivity (Wildman–Crippen MR) is 101 cm³/mol. The van der Waals surface area contributed by atoms with Gasteiger partial charge in [-0.05, 0) is 43.2 Å². The van der Waals surface area contributed by atoms with Gasteiger partial charge in [-0.1, -0.05) is 69.9 Å². The van der Waals surface area contributed by atoms with E-state index in [0.29, 0.717) is 11.5 Å². The Morgan fingerprint density at radius 1 is 1.09 bits per heavy atom. The Kier molecular flexibility index (Phi) is 5.14. The van der Waals surface area contributed by atoms with E-state index in [1.165, 1.54) is 57.1 Å². The molecule has 1 heteroatoms. The quantitative estimate of drug-likeness (QED) is 0.575. The fourth-order valence-corrected chi connectivity index (χ4v) is 5.13. The van der Waals surface area contributed by atoms with Crippen molar-refractivity contribution in [3.05, 3.63) is 42.0 Å². The molecular weight excluding hydrogens is 278 g/mol. The molecule has 0 saturated carbocycles. The molecule has 0 saturated heterocycles. The maximum atomic E-state index is 2.55. The number of anilines is 1. The number of hydrogen-bond acceptors (Lipinski definition) is 1. The second-order valence-corrected chi connectivity index (χ2v) is 7.59. The molecule has 0 N–H and O–H groups in total. The van der Waals surface area contributed by atoms with Crippen LogP contribution in [0, 0.1) is 5.92 Å². The van der Waals surface area contributed by atoms with Crippen molar-refractivity contribution in [2.24, 2.45) is 5.92 Å². The molecular formula is C22H33N. The van der Waals surface area contributed by atoms with E-state index in [9.17, 15) is 0 Å². The van der Waals surface area contributed by atoms with Gasteiger partial charge in [-0.3, -0.25) is 0 Å². The largest absolute Gasteiger partial charge is 0.368 e. The number of fused-ring (bicyclic) bond motifs is 2. The van der Waals surface area contributed by atoms with Gasteiger partial charge in [0.05, 0.1) is 6.04 Å². The van der Waals surface area contributed by atoms with E-state index >= 15 is 0 Å². The Labute approximate surface area is 142 Å². The monoisotopic (exact) mass is 311 g/mol. The predicted octanol–water partition coefficient (Wildman–Crippen LogP) is 6.09. The van der Waals surface area contributed by atoms with Crippen molar-refractivity contribution in [1.29, 1.82) is 0 Å². The molecule has 0 spiro atoms. The van der Waals surface area contributed by atoms with Crippen LogP contribution in [0.2, 0.25) is 0 Å². The van der Waals surface area contributed by atoms with Crippen LogP contribution in [0.25, 0.3) is 0 Å². The molecule has 2 aliphatic rings. The van der Waals surface area contributed by atoms with Crippen LogP contribution in [0.1, 0.15) is 70.8 Å². The third-order valence-corrected chi connectivity index (χ3v) is 6.32. The second kappa shape index (κ2) is 7.11. The lowest BCUT2D eigenvalue weighted by atomic mass is 9.57. The number of benzene rings is 1. The minimum atomic E-state index is 0.393. The van der Waals surface area contributed by atoms with Gasteiger partial charge in [0, 0.05) is 18.2 Å². The average molecular weight is 312 g/mol. The second-order valence-electron chi connectivity index (χ2n) is 7.59. The summed E-state index contributed by atoms with van der Waals surface area (Å²) >= 11 is 0. The van der Waals surface area contributed by atoms with Gasteiger partial charge in [0.1, 0.15) is 0 Å². The molecule has 1 aromatic rings. The topological polar surface area (TPSA) is 3.24 Å². The zero-order valence-corrected chi connectivity index (χ0v) is 15.2. The molecule has 0 fully saturated rings. The first kappa shape index (κ1) is 16.6. The Morgan fingerprint density at radius 3 is 2.48 bits per heavy atom. The van der Waals surface area contributed by atoms with Crippen LogP contribution >= 0.6 is 0 Å². The van der Waals surface area contributed by atoms with Crippen molar-refractivity contribution >= 4 is 5.69 Å². The van der Waals surface area contributed by atoms with Gasteiger partial charge in [0.25, 0.3) is 0 Å². The lowest BCUT2D eigenvalue weighted by Crippen LogP contribution is -2.53. The van der Waals surface area contributed by atoms with Crippen LogP contribution < -0.4 is 4.90 Å². The highest BCUT2D eigenvalue weighted by Gasteiger charge is 2.48. The van der Waals surface area contributed by atoms with E-state index in [0.717, 1.165) is 5.92 Å². The van der Waals surface area contributed by atoms with Crippen molar-refractivity contribution < 1.29 is 0 Å². The number of para-hydroxylation sites is 1. The Morgan fingerprint density at radius 2 is 1.78 bits per heavy atom. The number of unbranched alkanes of at least 4 members (excludes halogenated alkanes) is 2. The van der Waals surface area contributed by atoms with Crippen LogP contribution in [0.4, 0.5) is 5.69 Å². The fourth-order valence-electron chi connectivity index (χ4n) is 5.13. The minimum absolute atomic E-state index is 0.393. The molecule has 126 valence electrons. The first-order chi connectivity index (χ1) is 11.2. The van der Waals surface area contributed by atoms with Crippen LogP contribution in [0.15, 0.2) is 36.4 Å². The highest BCUT2D eigenvalue weighted by molar-refractivity contribution is 5.61. The minimum Gasteiger partial charge on any atom is -0.368 e. The average Bonchev–Trinajstić information content (AvgIpc) is 2.61. The molecule has 2 atom stereocenters. The Hall–Kier alpha value is -1.24. The highest BCUT2D eigenvalue weighted by Crippen LogP contribution is 2.54. The van der Waals surface area contributed by atoms with E-state index in [1.807, 2.05) is 0 Å². The van der Waals surface area contributed by atoms with Crippen LogP contribution in [0.5, 0.6) is 0 Å². The van der Waals surface area contributed by atoms with Crippen molar-refractivity contribution in [3.8, 4) is 0 Å². The molecule has 0 bridgehead atoms. The summed E-state index contributed by atoms with van der Waals surface area (Å²) in [5.41, 5.74) is 3.51. The Balaban J connectivity index is 2.11. The highest BCUT2D eigenvalue weighted by atomic mass is 15.2. The molecule has 1 aromatic carbocycles. The summed E-state index contributed by atoms with van der Waals surface area (Å²) < 4.78 is 0. The third-order valence-electron chi connectivity index (χ3n) is 6.32. The maximum absolute atomic E-state index is 2.55. The molecule has 0 radical (unpaired) electrons. The van der Waals surface area contributed by atoms with Gasteiger partial charge < -0.3 is 4.90 Å². The molecule has 0 amide bonds. The lowest BCUT2D eigenvalue weighted by Gasteiger charge is -2.54. The molecule has 3 rings (SSSR count). The molecule has 0 aromatic heterocycles. The molecule has 1 heterocycles. The van der Waals surface area contributed by atoms with E-state index in [1.54, 1.807) is 5.56 Å². The Bertz CT molecular complexity index is 537. The number of rotatable bonds is 6. The maximum Gasteiger partial charge on any atom is 0.0506 e. The normalized spacial score (nSPS) is 25.1. The number of allylic oxidation sites excluding steroid dienone is 1. The standard InChI is InChI=1S/C22H33N/c1-4-6-16-22(17-7-5-2)18-12-8-10-14-20(18)23(3)21-15-11-9-13-19(21)22/h8,10-12,14-15,19,21H,4-7,9,13,16-17H2,1-3H3. The third kappa shape index (κ3) is 2.84. The van der Waals surface area contributed by atoms with Crippen molar-refractivity contribution in [1.82, 2.24) is 0 Å². The first-order valence-corrected chi connectivity index (χ1v) is 9.73. The van der Waals surface area contributed by atoms with Crippen LogP contribution in [-0.2, 0) is 5.41 Å². The van der Waals surface area contributed by atoms with Crippen LogP contribution in [-0.4, -0.2) is 13.1 Å². The van der Waals surface area contributed by atoms with Gasteiger partial charge in [-0.2, -0.15) is 0 Å². The van der Waals surface area contributed by atoms with E-state index < -0.39 is 0 Å². The fraction of sp³-hybridized carbons (Fsp3) is 0.636. The summed E-state index contributed by atoms with van der Waals surface area (Å²) in [6.07, 6.45) is 15.6. The summed E-state index contributed by atoms with van der Waals surface area (Å²) in [6, 6.07) is 9.85. The number of likely N-dealkylation sites (N-methyl/N-ethyl adjacent to an activating group) is 1. The molecule has 1 nitrogen and oxygen atoms in total. The van der Waals surface area contributed by atoms with Crippen molar-refractivity contribution in [2.45, 2.75) is 76.7 Å². The number of hydrogen-bond donors (Lipinski definition) is 0. The smallest absolute Gasteiger partial charge is 0.0506 e. The summed E-state index contributed by atoms with van der Waals surface area (Å²) in [6.45, 7) is 4.68. The van der Waals surface area contributed by atoms with Crippen molar-refractivity contribution in [2.75, 3.05) is 11.9 Å². The van der Waals surface area contributed by atoms with Gasteiger partial charge in [-0.15, -0.1) is 0 Å². The zero-order valence-electron chi connectivity index (χ0n) is 15.2. The summed E-state index contributed by atoms with van der Waals surface area (Å²) in [4.78, 5) is 2.55. The first-order valence-electron chi connectivity index (χ1n) is 9.73.